The van der Waals surface area contributed by atoms with Crippen molar-refractivity contribution >= 4 is 5.91 Å². The molecule has 0 aromatic carbocycles. The maximum atomic E-state index is 12.1. The summed E-state index contributed by atoms with van der Waals surface area (Å²) >= 11 is 0. The van der Waals surface area contributed by atoms with Crippen LogP contribution in [0.5, 0.6) is 5.88 Å². The van der Waals surface area contributed by atoms with Gasteiger partial charge in [0.15, 0.2) is 0 Å². The second kappa shape index (κ2) is 7.94. The highest BCUT2D eigenvalue weighted by Gasteiger charge is 2.17. The van der Waals surface area contributed by atoms with Gasteiger partial charge in [0, 0.05) is 37.5 Å². The molecule has 2 aromatic heterocycles. The molecular formula is C18H21N3O4. The van der Waals surface area contributed by atoms with Gasteiger partial charge in [-0.25, -0.2) is 4.98 Å². The van der Waals surface area contributed by atoms with Gasteiger partial charge < -0.3 is 19.4 Å². The fourth-order valence-electron chi connectivity index (χ4n) is 2.55. The summed E-state index contributed by atoms with van der Waals surface area (Å²) in [6.45, 7) is 3.46. The summed E-state index contributed by atoms with van der Waals surface area (Å²) < 4.78 is 12.4. The van der Waals surface area contributed by atoms with Crippen LogP contribution in [0.3, 0.4) is 0 Å². The molecule has 3 heterocycles. The topological polar surface area (TPSA) is 82.5 Å². The second-order valence-corrected chi connectivity index (χ2v) is 6.05. The van der Waals surface area contributed by atoms with E-state index in [1.807, 2.05) is 13.0 Å². The van der Waals surface area contributed by atoms with E-state index < -0.39 is 0 Å². The van der Waals surface area contributed by atoms with E-state index in [4.69, 9.17) is 9.47 Å². The molecule has 25 heavy (non-hydrogen) atoms. The maximum Gasteiger partial charge on any atom is 0.251 e. The van der Waals surface area contributed by atoms with Gasteiger partial charge in [0.25, 0.3) is 5.56 Å². The van der Waals surface area contributed by atoms with Crippen molar-refractivity contribution < 1.29 is 14.3 Å². The van der Waals surface area contributed by atoms with E-state index in [0.29, 0.717) is 25.6 Å². The van der Waals surface area contributed by atoms with Crippen molar-refractivity contribution in [3.63, 3.8) is 0 Å². The van der Waals surface area contributed by atoms with Crippen LogP contribution in [0.25, 0.3) is 0 Å². The molecule has 1 unspecified atom stereocenters. The number of aryl methyl sites for hydroxylation is 1. The number of nitrogens with zero attached hydrogens (tertiary/aromatic N) is 2. The van der Waals surface area contributed by atoms with Crippen molar-refractivity contribution in [3.05, 3.63) is 58.1 Å². The van der Waals surface area contributed by atoms with Crippen LogP contribution in [0.1, 0.15) is 17.5 Å². The van der Waals surface area contributed by atoms with Gasteiger partial charge in [-0.3, -0.25) is 9.59 Å². The molecule has 1 aliphatic rings. The van der Waals surface area contributed by atoms with Gasteiger partial charge in [0.1, 0.15) is 12.6 Å². The zero-order chi connectivity index (χ0) is 17.6. The first-order valence-electron chi connectivity index (χ1n) is 8.23. The van der Waals surface area contributed by atoms with Crippen LogP contribution in [0, 0.1) is 6.92 Å². The van der Waals surface area contributed by atoms with Gasteiger partial charge in [-0.1, -0.05) is 0 Å². The molecule has 1 aliphatic heterocycles. The van der Waals surface area contributed by atoms with Crippen molar-refractivity contribution in [2.24, 2.45) is 0 Å². The van der Waals surface area contributed by atoms with E-state index in [2.05, 4.69) is 10.3 Å². The van der Waals surface area contributed by atoms with E-state index >= 15 is 0 Å². The molecule has 2 aromatic rings. The molecule has 1 amide bonds. The van der Waals surface area contributed by atoms with Crippen LogP contribution >= 0.6 is 0 Å². The molecule has 0 spiro atoms. The lowest BCUT2D eigenvalue weighted by molar-refractivity contribution is -0.121. The summed E-state index contributed by atoms with van der Waals surface area (Å²) in [5.74, 6) is 0.298. The van der Waals surface area contributed by atoms with Gasteiger partial charge in [0.05, 0.1) is 13.2 Å². The molecule has 3 rings (SSSR count). The number of carbonyl (C=O) groups excluding carboxylic acids is 1. The molecular weight excluding hydrogens is 322 g/mol. The van der Waals surface area contributed by atoms with Crippen LogP contribution in [0.2, 0.25) is 0 Å². The predicted molar refractivity (Wildman–Crippen MR) is 91.4 cm³/mol. The monoisotopic (exact) mass is 343 g/mol. The molecule has 7 nitrogen and oxygen atoms in total. The zero-order valence-corrected chi connectivity index (χ0v) is 14.1. The first-order chi connectivity index (χ1) is 12.1. The molecule has 0 radical (unpaired) electrons. The number of pyridine rings is 2. The fourth-order valence-corrected chi connectivity index (χ4v) is 2.55. The minimum Gasteiger partial charge on any atom is -0.472 e. The average Bonchev–Trinajstić information content (AvgIpc) is 3.09. The third-order valence-electron chi connectivity index (χ3n) is 3.93. The van der Waals surface area contributed by atoms with Crippen LogP contribution in [0.4, 0.5) is 0 Å². The Bertz CT molecular complexity index is 797. The molecule has 1 fully saturated rings. The number of nitrogens with one attached hydrogen (secondary N) is 1. The third-order valence-corrected chi connectivity index (χ3v) is 3.93. The number of ether oxygens (including phenoxy) is 2. The Hall–Kier alpha value is -2.67. The largest absolute Gasteiger partial charge is 0.472 e. The van der Waals surface area contributed by atoms with Gasteiger partial charge in [-0.2, -0.15) is 0 Å². The lowest BCUT2D eigenvalue weighted by Crippen LogP contribution is -2.31. The molecule has 1 atom stereocenters. The Labute approximate surface area is 145 Å². The van der Waals surface area contributed by atoms with E-state index in [1.54, 1.807) is 24.5 Å². The second-order valence-electron chi connectivity index (χ2n) is 6.05. The van der Waals surface area contributed by atoms with E-state index in [-0.39, 0.29) is 24.1 Å². The number of hydrogen-bond acceptors (Lipinski definition) is 5. The minimum atomic E-state index is -0.227. The summed E-state index contributed by atoms with van der Waals surface area (Å²) in [5, 5.41) is 2.80. The lowest BCUT2D eigenvalue weighted by Gasteiger charge is -2.12. The Morgan fingerprint density at radius 1 is 1.44 bits per heavy atom. The number of rotatable bonds is 6. The average molecular weight is 343 g/mol. The molecule has 132 valence electrons. The zero-order valence-electron chi connectivity index (χ0n) is 14.1. The summed E-state index contributed by atoms with van der Waals surface area (Å²) in [7, 11) is 0. The highest BCUT2D eigenvalue weighted by Crippen LogP contribution is 2.15. The summed E-state index contributed by atoms with van der Waals surface area (Å²) in [6, 6.07) is 6.92. The number of carbonyl (C=O) groups is 1. The normalized spacial score (nSPS) is 16.6. The van der Waals surface area contributed by atoms with Crippen molar-refractivity contribution in [1.29, 1.82) is 0 Å². The number of hydrogen-bond donors (Lipinski definition) is 1. The molecule has 0 bridgehead atoms. The summed E-state index contributed by atoms with van der Waals surface area (Å²) in [4.78, 5) is 28.0. The van der Waals surface area contributed by atoms with E-state index in [0.717, 1.165) is 17.5 Å². The fraction of sp³-hybridized carbons (Fsp3) is 0.389. The molecule has 1 N–H and O–H groups in total. The molecule has 0 saturated carbocycles. The molecule has 7 heteroatoms. The van der Waals surface area contributed by atoms with E-state index in [9.17, 15) is 9.59 Å². The van der Waals surface area contributed by atoms with Crippen LogP contribution < -0.4 is 15.6 Å². The third kappa shape index (κ3) is 4.90. The van der Waals surface area contributed by atoms with E-state index in [1.165, 1.54) is 10.6 Å². The first kappa shape index (κ1) is 17.2. The number of aromatic nitrogens is 2. The van der Waals surface area contributed by atoms with Crippen molar-refractivity contribution in [1.82, 2.24) is 14.9 Å². The first-order valence-corrected chi connectivity index (χ1v) is 8.23. The predicted octanol–water partition coefficient (Wildman–Crippen LogP) is 1.04. The Morgan fingerprint density at radius 2 is 2.32 bits per heavy atom. The van der Waals surface area contributed by atoms with Gasteiger partial charge in [0.2, 0.25) is 11.8 Å². The highest BCUT2D eigenvalue weighted by molar-refractivity contribution is 5.75. The van der Waals surface area contributed by atoms with Crippen molar-refractivity contribution in [2.45, 2.75) is 32.5 Å². The standard InChI is InChI=1S/C18H21N3O4/c1-13-3-6-21(18(23)8-13)11-16(22)20-10-14-2-5-19-17(9-14)25-15-4-7-24-12-15/h2-3,5-6,8-9,15H,4,7,10-12H2,1H3,(H,20,22). The smallest absolute Gasteiger partial charge is 0.251 e. The van der Waals surface area contributed by atoms with Crippen molar-refractivity contribution in [3.8, 4) is 5.88 Å². The van der Waals surface area contributed by atoms with Crippen LogP contribution in [-0.4, -0.2) is 34.8 Å². The summed E-state index contributed by atoms with van der Waals surface area (Å²) in [6.07, 6.45) is 4.16. The van der Waals surface area contributed by atoms with Crippen LogP contribution in [-0.2, 0) is 22.6 Å². The SMILES string of the molecule is Cc1ccn(CC(=O)NCc2ccnc(OC3CCOC3)c2)c(=O)c1. The van der Waals surface area contributed by atoms with Gasteiger partial charge in [-0.15, -0.1) is 0 Å². The quantitative estimate of drug-likeness (QED) is 0.847. The summed E-state index contributed by atoms with van der Waals surface area (Å²) in [5.41, 5.74) is 1.57. The Balaban J connectivity index is 1.53. The van der Waals surface area contributed by atoms with Crippen LogP contribution in [0.15, 0.2) is 41.5 Å². The maximum absolute atomic E-state index is 12.1. The molecule has 0 aliphatic carbocycles. The lowest BCUT2D eigenvalue weighted by atomic mass is 10.2. The Kier molecular flexibility index (Phi) is 5.45. The van der Waals surface area contributed by atoms with Crippen molar-refractivity contribution in [2.75, 3.05) is 13.2 Å². The van der Waals surface area contributed by atoms with Gasteiger partial charge in [-0.05, 0) is 30.2 Å². The highest BCUT2D eigenvalue weighted by atomic mass is 16.5. The van der Waals surface area contributed by atoms with Gasteiger partial charge >= 0.3 is 0 Å². The molecule has 1 saturated heterocycles. The Morgan fingerprint density at radius 3 is 3.08 bits per heavy atom. The minimum absolute atomic E-state index is 0.00698. The number of amides is 1.